The van der Waals surface area contributed by atoms with E-state index < -0.39 is 0 Å². The average Bonchev–Trinajstić information content (AvgIpc) is 3.02. The van der Waals surface area contributed by atoms with E-state index in [1.165, 1.54) is 13.2 Å². The van der Waals surface area contributed by atoms with Crippen LogP contribution in [0.3, 0.4) is 0 Å². The van der Waals surface area contributed by atoms with Gasteiger partial charge in [-0.05, 0) is 49.5 Å². The molecular weight excluding hydrogens is 366 g/mol. The highest BCUT2D eigenvalue weighted by atomic mass is 35.5. The molecule has 0 radical (unpaired) electrons. The molecule has 2 saturated heterocycles. The second-order valence-corrected chi connectivity index (χ2v) is 6.80. The minimum atomic E-state index is -0.160. The molecule has 0 unspecified atom stereocenters. The van der Waals surface area contributed by atoms with Crippen LogP contribution in [0.4, 0.5) is 4.39 Å². The second kappa shape index (κ2) is 9.72. The van der Waals surface area contributed by atoms with Crippen molar-refractivity contribution in [3.05, 3.63) is 35.6 Å². The van der Waals surface area contributed by atoms with Crippen LogP contribution < -0.4 is 0 Å². The zero-order valence-electron chi connectivity index (χ0n) is 14.7. The maximum absolute atomic E-state index is 13.6. The van der Waals surface area contributed by atoms with Crippen molar-refractivity contribution in [1.29, 1.82) is 0 Å². The predicted molar refractivity (Wildman–Crippen MR) is 101 cm³/mol. The zero-order chi connectivity index (χ0) is 16.4. The van der Waals surface area contributed by atoms with Crippen LogP contribution in [0.15, 0.2) is 24.3 Å². The van der Waals surface area contributed by atoms with Gasteiger partial charge in [0.25, 0.3) is 0 Å². The normalized spacial score (nSPS) is 25.8. The van der Waals surface area contributed by atoms with Crippen molar-refractivity contribution >= 4 is 30.8 Å². The predicted octanol–water partition coefficient (Wildman–Crippen LogP) is 3.16. The zero-order valence-corrected chi connectivity index (χ0v) is 16.3. The molecule has 3 atom stereocenters. The lowest BCUT2D eigenvalue weighted by atomic mass is 9.89. The molecule has 142 valence electrons. The summed E-state index contributed by atoms with van der Waals surface area (Å²) >= 11 is 0. The second-order valence-electron chi connectivity index (χ2n) is 6.80. The van der Waals surface area contributed by atoms with Crippen LogP contribution in [0, 0.1) is 17.7 Å². The first kappa shape index (κ1) is 22.2. The molecule has 0 aromatic heterocycles. The van der Waals surface area contributed by atoms with E-state index in [4.69, 9.17) is 4.74 Å². The number of ether oxygens (including phenoxy) is 1. The SMILES string of the molecule is COC(=O)CCCN1C[C@@H]2CN(C)[C@@H](c3cccc(F)c3)[C@@H]2C1.Cl.Cl. The molecule has 0 aliphatic carbocycles. The summed E-state index contributed by atoms with van der Waals surface area (Å²) in [5.41, 5.74) is 1.08. The van der Waals surface area contributed by atoms with Gasteiger partial charge in [-0.1, -0.05) is 12.1 Å². The number of carbonyl (C=O) groups excluding carboxylic acids is 1. The van der Waals surface area contributed by atoms with E-state index in [0.717, 1.165) is 38.2 Å². The summed E-state index contributed by atoms with van der Waals surface area (Å²) in [6.45, 7) is 4.08. The lowest BCUT2D eigenvalue weighted by Gasteiger charge is -2.26. The van der Waals surface area contributed by atoms with Gasteiger partial charge >= 0.3 is 5.97 Å². The van der Waals surface area contributed by atoms with Crippen LogP contribution in [0.5, 0.6) is 0 Å². The van der Waals surface area contributed by atoms with Crippen molar-refractivity contribution in [1.82, 2.24) is 9.80 Å². The summed E-state index contributed by atoms with van der Waals surface area (Å²) < 4.78 is 18.3. The molecule has 2 aliphatic rings. The van der Waals surface area contributed by atoms with Crippen LogP contribution in [0.25, 0.3) is 0 Å². The maximum atomic E-state index is 13.6. The number of nitrogens with zero attached hydrogens (tertiary/aromatic N) is 2. The highest BCUT2D eigenvalue weighted by molar-refractivity contribution is 5.85. The van der Waals surface area contributed by atoms with Gasteiger partial charge in [0.2, 0.25) is 0 Å². The van der Waals surface area contributed by atoms with Gasteiger partial charge in [-0.15, -0.1) is 24.8 Å². The number of likely N-dealkylation sites (tertiary alicyclic amines) is 2. The van der Waals surface area contributed by atoms with Crippen LogP contribution in [0.2, 0.25) is 0 Å². The fourth-order valence-corrected chi connectivity index (χ4v) is 4.27. The van der Waals surface area contributed by atoms with Crippen molar-refractivity contribution in [2.45, 2.75) is 18.9 Å². The van der Waals surface area contributed by atoms with Gasteiger partial charge in [0, 0.05) is 32.1 Å². The first-order chi connectivity index (χ1) is 11.1. The molecule has 25 heavy (non-hydrogen) atoms. The average molecular weight is 393 g/mol. The summed E-state index contributed by atoms with van der Waals surface area (Å²) in [6.07, 6.45) is 1.32. The minimum absolute atomic E-state index is 0. The molecule has 0 saturated carbocycles. The van der Waals surface area contributed by atoms with Crippen molar-refractivity contribution in [2.75, 3.05) is 40.3 Å². The summed E-state index contributed by atoms with van der Waals surface area (Å²) in [5.74, 6) is 0.875. The van der Waals surface area contributed by atoms with E-state index in [9.17, 15) is 9.18 Å². The third kappa shape index (κ3) is 5.07. The molecule has 3 rings (SSSR count). The number of hydrogen-bond acceptors (Lipinski definition) is 4. The Bertz CT molecular complexity index is 576. The smallest absolute Gasteiger partial charge is 0.305 e. The number of esters is 1. The molecule has 0 amide bonds. The van der Waals surface area contributed by atoms with E-state index in [1.807, 2.05) is 6.07 Å². The van der Waals surface area contributed by atoms with Gasteiger partial charge < -0.3 is 9.64 Å². The van der Waals surface area contributed by atoms with Crippen LogP contribution in [0.1, 0.15) is 24.4 Å². The number of fused-ring (bicyclic) bond motifs is 1. The summed E-state index contributed by atoms with van der Waals surface area (Å²) in [6, 6.07) is 7.30. The first-order valence-electron chi connectivity index (χ1n) is 8.33. The molecule has 1 aromatic carbocycles. The Hall–Kier alpha value is -0.880. The van der Waals surface area contributed by atoms with Gasteiger partial charge in [-0.2, -0.15) is 0 Å². The first-order valence-corrected chi connectivity index (χ1v) is 8.33. The maximum Gasteiger partial charge on any atom is 0.305 e. The Morgan fingerprint density at radius 2 is 2.04 bits per heavy atom. The number of carbonyl (C=O) groups is 1. The Kier molecular flexibility index (Phi) is 8.61. The third-order valence-electron chi connectivity index (χ3n) is 5.24. The fourth-order valence-electron chi connectivity index (χ4n) is 4.27. The highest BCUT2D eigenvalue weighted by Gasteiger charge is 2.45. The Labute approximate surface area is 161 Å². The van der Waals surface area contributed by atoms with Crippen molar-refractivity contribution in [3.8, 4) is 0 Å². The molecule has 2 heterocycles. The molecule has 1 aromatic rings. The topological polar surface area (TPSA) is 32.8 Å². The Balaban J connectivity index is 0.00000156. The molecule has 2 aliphatic heterocycles. The minimum Gasteiger partial charge on any atom is -0.469 e. The van der Waals surface area contributed by atoms with Gasteiger partial charge in [-0.3, -0.25) is 9.69 Å². The molecule has 4 nitrogen and oxygen atoms in total. The quantitative estimate of drug-likeness (QED) is 0.720. The summed E-state index contributed by atoms with van der Waals surface area (Å²) in [7, 11) is 3.57. The molecule has 2 fully saturated rings. The number of benzene rings is 1. The van der Waals surface area contributed by atoms with Gasteiger partial charge in [0.1, 0.15) is 5.82 Å². The van der Waals surface area contributed by atoms with E-state index in [1.54, 1.807) is 12.1 Å². The molecule has 0 bridgehead atoms. The number of rotatable bonds is 5. The van der Waals surface area contributed by atoms with E-state index in [0.29, 0.717) is 24.3 Å². The van der Waals surface area contributed by atoms with Crippen molar-refractivity contribution < 1.29 is 13.9 Å². The standard InChI is InChI=1S/C18H25FN2O2.2ClH/c1-20-10-14-11-21(8-4-7-17(22)23-2)12-16(14)18(20)13-5-3-6-15(19)9-13;;/h3,5-6,9,14,16,18H,4,7-8,10-12H2,1-2H3;2*1H/t14-,16+,18-;;/m0../s1. The third-order valence-corrected chi connectivity index (χ3v) is 5.24. The van der Waals surface area contributed by atoms with Crippen molar-refractivity contribution in [2.24, 2.45) is 11.8 Å². The van der Waals surface area contributed by atoms with E-state index in [-0.39, 0.29) is 36.6 Å². The van der Waals surface area contributed by atoms with E-state index >= 15 is 0 Å². The van der Waals surface area contributed by atoms with Gasteiger partial charge in [0.15, 0.2) is 0 Å². The number of methoxy groups -OCH3 is 1. The number of halogens is 3. The number of hydrogen-bond donors (Lipinski definition) is 0. The van der Waals surface area contributed by atoms with Gasteiger partial charge in [0.05, 0.1) is 7.11 Å². The summed E-state index contributed by atoms with van der Waals surface area (Å²) in [4.78, 5) is 16.0. The van der Waals surface area contributed by atoms with Crippen LogP contribution >= 0.6 is 24.8 Å². The lowest BCUT2D eigenvalue weighted by Crippen LogP contribution is -2.30. The Morgan fingerprint density at radius 3 is 2.72 bits per heavy atom. The lowest BCUT2D eigenvalue weighted by molar-refractivity contribution is -0.140. The molecule has 0 spiro atoms. The molecule has 0 N–H and O–H groups in total. The molecule has 7 heteroatoms. The monoisotopic (exact) mass is 392 g/mol. The molecular formula is C18H27Cl2FN2O2. The van der Waals surface area contributed by atoms with Gasteiger partial charge in [-0.25, -0.2) is 4.39 Å². The summed E-state index contributed by atoms with van der Waals surface area (Å²) in [5, 5.41) is 0. The fraction of sp³-hybridized carbons (Fsp3) is 0.611. The van der Waals surface area contributed by atoms with E-state index in [2.05, 4.69) is 16.8 Å². The van der Waals surface area contributed by atoms with Crippen LogP contribution in [-0.4, -0.2) is 56.1 Å². The Morgan fingerprint density at radius 1 is 1.28 bits per heavy atom. The van der Waals surface area contributed by atoms with Crippen LogP contribution in [-0.2, 0) is 9.53 Å². The largest absolute Gasteiger partial charge is 0.469 e. The van der Waals surface area contributed by atoms with Crippen molar-refractivity contribution in [3.63, 3.8) is 0 Å². The highest BCUT2D eigenvalue weighted by Crippen LogP contribution is 2.44.